The van der Waals surface area contributed by atoms with Gasteiger partial charge in [0.2, 0.25) is 5.90 Å². The Morgan fingerprint density at radius 1 is 1.29 bits per heavy atom. The van der Waals surface area contributed by atoms with Crippen molar-refractivity contribution >= 4 is 39.1 Å². The van der Waals surface area contributed by atoms with Crippen LogP contribution in [0.4, 0.5) is 5.69 Å². The lowest BCUT2D eigenvalue weighted by atomic mass is 10.1. The minimum atomic E-state index is -3.74. The van der Waals surface area contributed by atoms with Crippen molar-refractivity contribution in [2.75, 3.05) is 31.0 Å². The number of benzene rings is 2. The molecule has 1 saturated carbocycles. The molecule has 0 unspecified atom stereocenters. The fraction of sp³-hybridized carbons (Fsp3) is 0.261. The molecule has 0 spiro atoms. The summed E-state index contributed by atoms with van der Waals surface area (Å²) in [5.74, 6) is 0.226. The highest BCUT2D eigenvalue weighted by atomic mass is 32.3. The van der Waals surface area contributed by atoms with Crippen LogP contribution in [0.25, 0.3) is 10.9 Å². The Labute approximate surface area is 202 Å². The summed E-state index contributed by atoms with van der Waals surface area (Å²) < 4.78 is 37.3. The first-order valence-corrected chi connectivity index (χ1v) is 12.4. The van der Waals surface area contributed by atoms with Gasteiger partial charge >= 0.3 is 0 Å². The van der Waals surface area contributed by atoms with E-state index < -0.39 is 16.3 Å². The van der Waals surface area contributed by atoms with Crippen LogP contribution in [0.3, 0.4) is 0 Å². The first-order valence-electron chi connectivity index (χ1n) is 10.9. The first kappa shape index (κ1) is 23.0. The van der Waals surface area contributed by atoms with E-state index in [-0.39, 0.29) is 40.3 Å². The summed E-state index contributed by atoms with van der Waals surface area (Å²) in [5, 5.41) is 21.9. The number of methoxy groups -OCH3 is 1. The van der Waals surface area contributed by atoms with Crippen LogP contribution in [-0.2, 0) is 4.74 Å². The number of fused-ring (bicyclic) bond motifs is 2. The number of para-hydroxylation sites is 1. The summed E-state index contributed by atoms with van der Waals surface area (Å²) in [6.45, 7) is 0.476. The Morgan fingerprint density at radius 2 is 2.06 bits per heavy atom. The fourth-order valence-corrected chi connectivity index (χ4v) is 4.98. The van der Waals surface area contributed by atoms with E-state index in [1.807, 2.05) is 0 Å². The molecule has 1 aliphatic carbocycles. The minimum absolute atomic E-state index is 0.0650. The number of aromatic hydroxyl groups is 1. The summed E-state index contributed by atoms with van der Waals surface area (Å²) in [7, 11) is -2.39. The van der Waals surface area contributed by atoms with E-state index in [0.717, 1.165) is 12.8 Å². The predicted octanol–water partition coefficient (Wildman–Crippen LogP) is 3.56. The van der Waals surface area contributed by atoms with E-state index in [1.54, 1.807) is 36.4 Å². The Bertz CT molecular complexity index is 1420. The van der Waals surface area contributed by atoms with Gasteiger partial charge in [0.15, 0.2) is 12.4 Å². The van der Waals surface area contributed by atoms with E-state index in [9.17, 15) is 19.0 Å². The molecule has 0 atom stereocenters. The zero-order valence-corrected chi connectivity index (χ0v) is 19.6. The highest BCUT2D eigenvalue weighted by molar-refractivity contribution is 8.23. The van der Waals surface area contributed by atoms with Crippen LogP contribution < -0.4 is 21.0 Å². The Balaban J connectivity index is 1.56. The zero-order chi connectivity index (χ0) is 24.7. The van der Waals surface area contributed by atoms with Crippen molar-refractivity contribution in [3.05, 3.63) is 58.4 Å². The maximum Gasteiger partial charge on any atom is 0.284 e. The summed E-state index contributed by atoms with van der Waals surface area (Å²) in [4.78, 5) is 13.6. The lowest BCUT2D eigenvalue weighted by Crippen LogP contribution is -2.36. The number of nitrogens with zero attached hydrogens (tertiary/aromatic N) is 2. The standard InChI is InChI=1S/C23H25N5O6S/c1-33-19(24)12-34-14-8-9-16-18(10-14)35(31,32)27-22(26-16)20-21(29)15-4-2-3-5-17(15)28(23(20)30)25-11-13-6-7-13/h2-5,8-10,13,24-25,29,31-32H,6-7,11-12H2,1H3,(H,26,27). The lowest BCUT2D eigenvalue weighted by molar-refractivity contribution is 0.309. The van der Waals surface area contributed by atoms with Crippen LogP contribution >= 0.6 is 10.8 Å². The number of anilines is 1. The van der Waals surface area contributed by atoms with Gasteiger partial charge in [-0.1, -0.05) is 22.9 Å². The molecule has 0 bridgehead atoms. The summed E-state index contributed by atoms with van der Waals surface area (Å²) in [5.41, 5.74) is 3.21. The summed E-state index contributed by atoms with van der Waals surface area (Å²) in [6, 6.07) is 11.4. The van der Waals surface area contributed by atoms with Crippen molar-refractivity contribution in [1.82, 2.24) is 4.68 Å². The summed E-state index contributed by atoms with van der Waals surface area (Å²) >= 11 is 0. The molecule has 12 heteroatoms. The molecule has 184 valence electrons. The highest BCUT2D eigenvalue weighted by Crippen LogP contribution is 2.56. The van der Waals surface area contributed by atoms with Gasteiger partial charge in [-0.2, -0.15) is 0 Å². The smallest absolute Gasteiger partial charge is 0.284 e. The second-order valence-electron chi connectivity index (χ2n) is 8.34. The van der Waals surface area contributed by atoms with Crippen LogP contribution in [-0.4, -0.2) is 50.9 Å². The number of hydrogen-bond acceptors (Lipinski definition) is 10. The van der Waals surface area contributed by atoms with Gasteiger partial charge in [-0.15, -0.1) is 4.40 Å². The summed E-state index contributed by atoms with van der Waals surface area (Å²) in [6.07, 6.45) is 2.18. The molecule has 0 amide bonds. The number of nitrogens with one attached hydrogen (secondary N) is 3. The molecule has 3 aromatic rings. The topological polar surface area (TPSA) is 161 Å². The van der Waals surface area contributed by atoms with Gasteiger partial charge in [-0.05, 0) is 43.0 Å². The quantitative estimate of drug-likeness (QED) is 0.212. The third-order valence-corrected chi connectivity index (χ3v) is 7.23. The normalized spacial score (nSPS) is 17.1. The maximum atomic E-state index is 13.5. The van der Waals surface area contributed by atoms with Gasteiger partial charge in [-0.3, -0.25) is 19.3 Å². The molecule has 1 aromatic heterocycles. The number of aromatic nitrogens is 1. The SMILES string of the molecule is COC(=N)COc1ccc2c(c1)S(O)(O)N=C(c1c(O)c3ccccc3n(NCC3CC3)c1=O)N2. The Hall–Kier alpha value is -3.74. The first-order chi connectivity index (χ1) is 16.8. The molecule has 0 radical (unpaired) electrons. The second-order valence-corrected chi connectivity index (χ2v) is 10.0. The molecule has 2 aromatic carbocycles. The Morgan fingerprint density at radius 3 is 2.80 bits per heavy atom. The molecule has 0 saturated heterocycles. The van der Waals surface area contributed by atoms with Crippen LogP contribution in [0.15, 0.2) is 56.6 Å². The van der Waals surface area contributed by atoms with Crippen molar-refractivity contribution in [1.29, 1.82) is 5.41 Å². The van der Waals surface area contributed by atoms with Crippen molar-refractivity contribution in [3.8, 4) is 11.5 Å². The van der Waals surface area contributed by atoms with Crippen molar-refractivity contribution in [2.45, 2.75) is 17.7 Å². The van der Waals surface area contributed by atoms with E-state index in [0.29, 0.717) is 29.1 Å². The molecular formula is C23H25N5O6S. The lowest BCUT2D eigenvalue weighted by Gasteiger charge is -2.34. The minimum Gasteiger partial charge on any atom is -0.506 e. The molecule has 11 nitrogen and oxygen atoms in total. The van der Waals surface area contributed by atoms with Gasteiger partial charge in [0.25, 0.3) is 5.56 Å². The maximum absolute atomic E-state index is 13.5. The molecule has 1 aliphatic heterocycles. The third-order valence-electron chi connectivity index (χ3n) is 5.86. The molecule has 2 heterocycles. The van der Waals surface area contributed by atoms with Gasteiger partial charge in [0.1, 0.15) is 22.0 Å². The third kappa shape index (κ3) is 4.38. The molecule has 1 fully saturated rings. The van der Waals surface area contributed by atoms with Crippen LogP contribution in [0.1, 0.15) is 18.4 Å². The van der Waals surface area contributed by atoms with E-state index in [1.165, 1.54) is 17.9 Å². The van der Waals surface area contributed by atoms with E-state index in [2.05, 4.69) is 15.1 Å². The molecule has 2 aliphatic rings. The van der Waals surface area contributed by atoms with Crippen molar-refractivity contribution < 1.29 is 23.7 Å². The predicted molar refractivity (Wildman–Crippen MR) is 135 cm³/mol. The van der Waals surface area contributed by atoms with Crippen LogP contribution in [0.5, 0.6) is 11.5 Å². The Kier molecular flexibility index (Phi) is 5.79. The second kappa shape index (κ2) is 8.80. The average molecular weight is 500 g/mol. The number of amidine groups is 1. The van der Waals surface area contributed by atoms with Crippen molar-refractivity contribution in [3.63, 3.8) is 0 Å². The molecule has 5 rings (SSSR count). The van der Waals surface area contributed by atoms with E-state index >= 15 is 0 Å². The molecule has 6 N–H and O–H groups in total. The van der Waals surface area contributed by atoms with Gasteiger partial charge in [-0.25, -0.2) is 4.68 Å². The number of rotatable bonds is 7. The van der Waals surface area contributed by atoms with Crippen molar-refractivity contribution in [2.24, 2.45) is 10.3 Å². The van der Waals surface area contributed by atoms with Gasteiger partial charge in [0, 0.05) is 18.0 Å². The van der Waals surface area contributed by atoms with Gasteiger partial charge in [0.05, 0.1) is 18.3 Å². The van der Waals surface area contributed by atoms with Crippen LogP contribution in [0.2, 0.25) is 0 Å². The largest absolute Gasteiger partial charge is 0.506 e. The zero-order valence-electron chi connectivity index (χ0n) is 18.8. The highest BCUT2D eigenvalue weighted by Gasteiger charge is 2.31. The number of hydrogen-bond donors (Lipinski definition) is 6. The number of pyridine rings is 1. The van der Waals surface area contributed by atoms with Crippen LogP contribution in [0, 0.1) is 11.3 Å². The monoisotopic (exact) mass is 499 g/mol. The average Bonchev–Trinajstić information content (AvgIpc) is 3.67. The molecular weight excluding hydrogens is 474 g/mol. The fourth-order valence-electron chi connectivity index (χ4n) is 3.80. The van der Waals surface area contributed by atoms with E-state index in [4.69, 9.17) is 14.9 Å². The molecule has 35 heavy (non-hydrogen) atoms. The van der Waals surface area contributed by atoms with Gasteiger partial charge < -0.3 is 25.3 Å². The number of ether oxygens (including phenoxy) is 2.